The first-order valence-electron chi connectivity index (χ1n) is 7.63. The van der Waals surface area contributed by atoms with Crippen LogP contribution in [0, 0.1) is 15.9 Å². The zero-order valence-electron chi connectivity index (χ0n) is 13.8. The molecule has 2 aromatic rings. The van der Waals surface area contributed by atoms with Crippen molar-refractivity contribution in [3.8, 4) is 0 Å². The van der Waals surface area contributed by atoms with Crippen LogP contribution in [0.5, 0.6) is 0 Å². The molecule has 0 radical (unpaired) electrons. The largest absolute Gasteiger partial charge is 0.456 e. The number of anilines is 1. The third-order valence-corrected chi connectivity index (χ3v) is 4.45. The van der Waals surface area contributed by atoms with E-state index in [4.69, 9.17) is 16.3 Å². The van der Waals surface area contributed by atoms with Crippen molar-refractivity contribution in [3.05, 3.63) is 63.4 Å². The molecule has 0 bridgehead atoms. The van der Waals surface area contributed by atoms with Gasteiger partial charge in [0.15, 0.2) is 6.61 Å². The van der Waals surface area contributed by atoms with Gasteiger partial charge in [-0.15, -0.1) is 11.8 Å². The number of carbonyl (C=O) groups excluding carboxylic acids is 2. The topological polar surface area (TPSA) is 98.5 Å². The number of amides is 1. The first-order chi connectivity index (χ1) is 12.8. The van der Waals surface area contributed by atoms with E-state index in [1.807, 2.05) is 12.1 Å². The van der Waals surface area contributed by atoms with Crippen LogP contribution in [-0.4, -0.2) is 29.2 Å². The lowest BCUT2D eigenvalue weighted by Gasteiger charge is -2.07. The third kappa shape index (κ3) is 6.87. The zero-order valence-corrected chi connectivity index (χ0v) is 15.4. The highest BCUT2D eigenvalue weighted by atomic mass is 35.5. The number of rotatable bonds is 8. The smallest absolute Gasteiger partial charge is 0.307 e. The number of thioether (sulfide) groups is 1. The van der Waals surface area contributed by atoms with E-state index in [9.17, 15) is 24.1 Å². The molecule has 2 aromatic carbocycles. The molecule has 2 rings (SSSR count). The Morgan fingerprint density at radius 3 is 2.59 bits per heavy atom. The van der Waals surface area contributed by atoms with Gasteiger partial charge in [0.2, 0.25) is 0 Å². The van der Waals surface area contributed by atoms with Gasteiger partial charge in [-0.25, -0.2) is 4.39 Å². The van der Waals surface area contributed by atoms with Gasteiger partial charge in [0.05, 0.1) is 17.0 Å². The molecule has 0 saturated carbocycles. The van der Waals surface area contributed by atoms with Crippen LogP contribution in [0.25, 0.3) is 0 Å². The summed E-state index contributed by atoms with van der Waals surface area (Å²) < 4.78 is 18.4. The van der Waals surface area contributed by atoms with Crippen molar-refractivity contribution in [1.29, 1.82) is 0 Å². The number of benzene rings is 2. The highest BCUT2D eigenvalue weighted by Crippen LogP contribution is 2.22. The van der Waals surface area contributed by atoms with Crippen LogP contribution in [0.4, 0.5) is 15.8 Å². The number of halogens is 2. The maximum absolute atomic E-state index is 13.6. The summed E-state index contributed by atoms with van der Waals surface area (Å²) in [4.78, 5) is 34.3. The molecule has 0 aliphatic rings. The molecule has 0 atom stereocenters. The van der Waals surface area contributed by atoms with Crippen LogP contribution in [0.3, 0.4) is 0 Å². The van der Waals surface area contributed by atoms with E-state index in [0.717, 1.165) is 23.1 Å². The molecule has 7 nitrogen and oxygen atoms in total. The summed E-state index contributed by atoms with van der Waals surface area (Å²) in [6.45, 7) is -0.618. The Bertz CT molecular complexity index is 848. The molecule has 0 aromatic heterocycles. The first-order valence-corrected chi connectivity index (χ1v) is 8.99. The van der Waals surface area contributed by atoms with Crippen molar-refractivity contribution in [2.24, 2.45) is 0 Å². The van der Waals surface area contributed by atoms with E-state index in [0.29, 0.717) is 10.8 Å². The van der Waals surface area contributed by atoms with Gasteiger partial charge in [-0.05, 0) is 30.3 Å². The molecule has 0 unspecified atom stereocenters. The van der Waals surface area contributed by atoms with Crippen molar-refractivity contribution < 1.29 is 23.6 Å². The summed E-state index contributed by atoms with van der Waals surface area (Å²) in [6.07, 6.45) is 0.0751. The van der Waals surface area contributed by atoms with Gasteiger partial charge in [-0.2, -0.15) is 0 Å². The van der Waals surface area contributed by atoms with Crippen molar-refractivity contribution >= 4 is 46.6 Å². The standard InChI is InChI=1S/C17H14ClFN2O5S/c18-11-1-4-13(5-2-11)27-8-7-17(23)26-10-16(22)20-15-9-12(21(24)25)3-6-14(15)19/h1-6,9H,7-8,10H2,(H,20,22). The van der Waals surface area contributed by atoms with Crippen LogP contribution in [0.15, 0.2) is 47.4 Å². The van der Waals surface area contributed by atoms with Crippen molar-refractivity contribution in [2.45, 2.75) is 11.3 Å². The predicted octanol–water partition coefficient (Wildman–Crippen LogP) is 4.05. The van der Waals surface area contributed by atoms with Gasteiger partial charge in [0, 0.05) is 27.8 Å². The highest BCUT2D eigenvalue weighted by Gasteiger charge is 2.14. The number of esters is 1. The van der Waals surface area contributed by atoms with E-state index in [1.54, 1.807) is 12.1 Å². The monoisotopic (exact) mass is 412 g/mol. The van der Waals surface area contributed by atoms with Crippen LogP contribution in [0.2, 0.25) is 5.02 Å². The lowest BCUT2D eigenvalue weighted by atomic mass is 10.2. The summed E-state index contributed by atoms with van der Waals surface area (Å²) >= 11 is 7.21. The summed E-state index contributed by atoms with van der Waals surface area (Å²) in [5.74, 6) is -1.78. The highest BCUT2D eigenvalue weighted by molar-refractivity contribution is 7.99. The van der Waals surface area contributed by atoms with E-state index < -0.39 is 29.2 Å². The second-order valence-electron chi connectivity index (χ2n) is 5.18. The number of hydrogen-bond acceptors (Lipinski definition) is 6. The number of nitro benzene ring substituents is 1. The Labute approximate surface area is 163 Å². The van der Waals surface area contributed by atoms with Gasteiger partial charge < -0.3 is 10.1 Å². The Morgan fingerprint density at radius 2 is 1.93 bits per heavy atom. The molecule has 0 heterocycles. The van der Waals surface area contributed by atoms with E-state index in [2.05, 4.69) is 5.32 Å². The van der Waals surface area contributed by atoms with Gasteiger partial charge in [-0.3, -0.25) is 19.7 Å². The molecule has 142 valence electrons. The number of ether oxygens (including phenoxy) is 1. The Hall–Kier alpha value is -2.65. The van der Waals surface area contributed by atoms with Gasteiger partial charge in [-0.1, -0.05) is 11.6 Å². The van der Waals surface area contributed by atoms with E-state index in [1.165, 1.54) is 11.8 Å². The SMILES string of the molecule is O=C(COC(=O)CCSc1ccc(Cl)cc1)Nc1cc([N+](=O)[O-])ccc1F. The molecule has 10 heteroatoms. The Kier molecular flexibility index (Phi) is 7.56. The van der Waals surface area contributed by atoms with Gasteiger partial charge >= 0.3 is 5.97 Å². The average Bonchev–Trinajstić information content (AvgIpc) is 2.63. The van der Waals surface area contributed by atoms with Gasteiger partial charge in [0.25, 0.3) is 11.6 Å². The van der Waals surface area contributed by atoms with Crippen LogP contribution < -0.4 is 5.32 Å². The Morgan fingerprint density at radius 1 is 1.22 bits per heavy atom. The number of nitrogens with zero attached hydrogens (tertiary/aromatic N) is 1. The number of carbonyl (C=O) groups is 2. The molecule has 27 heavy (non-hydrogen) atoms. The summed E-state index contributed by atoms with van der Waals surface area (Å²) in [7, 11) is 0. The molecule has 1 N–H and O–H groups in total. The van der Waals surface area contributed by atoms with E-state index in [-0.39, 0.29) is 17.8 Å². The fourth-order valence-corrected chi connectivity index (χ4v) is 2.87. The second-order valence-corrected chi connectivity index (χ2v) is 6.79. The number of hydrogen-bond donors (Lipinski definition) is 1. The summed E-state index contributed by atoms with van der Waals surface area (Å²) in [5.41, 5.74) is -0.730. The minimum Gasteiger partial charge on any atom is -0.456 e. The molecule has 0 aliphatic carbocycles. The predicted molar refractivity (Wildman–Crippen MR) is 99.4 cm³/mol. The molecule has 0 spiro atoms. The summed E-state index contributed by atoms with van der Waals surface area (Å²) in [6, 6.07) is 9.84. The summed E-state index contributed by atoms with van der Waals surface area (Å²) in [5, 5.41) is 13.4. The van der Waals surface area contributed by atoms with Crippen LogP contribution >= 0.6 is 23.4 Å². The molecule has 0 saturated heterocycles. The molecule has 0 aliphatic heterocycles. The number of nitrogens with one attached hydrogen (secondary N) is 1. The van der Waals surface area contributed by atoms with E-state index >= 15 is 0 Å². The normalized spacial score (nSPS) is 10.3. The molecule has 0 fully saturated rings. The minimum atomic E-state index is -0.834. The average molecular weight is 413 g/mol. The number of non-ortho nitro benzene ring substituents is 1. The van der Waals surface area contributed by atoms with Crippen LogP contribution in [-0.2, 0) is 14.3 Å². The third-order valence-electron chi connectivity index (χ3n) is 3.19. The molecule has 1 amide bonds. The van der Waals surface area contributed by atoms with Crippen molar-refractivity contribution in [3.63, 3.8) is 0 Å². The zero-order chi connectivity index (χ0) is 19.8. The Balaban J connectivity index is 1.75. The number of nitro groups is 1. The lowest BCUT2D eigenvalue weighted by Crippen LogP contribution is -2.21. The first kappa shape index (κ1) is 20.7. The maximum Gasteiger partial charge on any atom is 0.307 e. The molecular formula is C17H14ClFN2O5S. The fourth-order valence-electron chi connectivity index (χ4n) is 1.91. The fraction of sp³-hybridized carbons (Fsp3) is 0.176. The second kappa shape index (κ2) is 9.89. The quantitative estimate of drug-likeness (QED) is 0.304. The van der Waals surface area contributed by atoms with Crippen molar-refractivity contribution in [1.82, 2.24) is 0 Å². The molecular weight excluding hydrogens is 399 g/mol. The van der Waals surface area contributed by atoms with Gasteiger partial charge in [0.1, 0.15) is 5.82 Å². The van der Waals surface area contributed by atoms with Crippen LogP contribution in [0.1, 0.15) is 6.42 Å². The maximum atomic E-state index is 13.6. The van der Waals surface area contributed by atoms with Crippen molar-refractivity contribution in [2.75, 3.05) is 17.7 Å². The minimum absolute atomic E-state index is 0.0751. The lowest BCUT2D eigenvalue weighted by molar-refractivity contribution is -0.384.